The van der Waals surface area contributed by atoms with E-state index in [-0.39, 0.29) is 13.1 Å². The van der Waals surface area contributed by atoms with Crippen LogP contribution in [0.25, 0.3) is 0 Å². The van der Waals surface area contributed by atoms with Crippen molar-refractivity contribution < 1.29 is 28.0 Å². The number of rotatable bonds is 6. The van der Waals surface area contributed by atoms with Crippen LogP contribution in [0, 0.1) is 5.92 Å². The number of piperidine rings is 1. The number of carboxylic acid groups (broad SMARTS) is 1. The van der Waals surface area contributed by atoms with Crippen LogP contribution in [0.1, 0.15) is 12.8 Å². The third-order valence-corrected chi connectivity index (χ3v) is 3.79. The Labute approximate surface area is 104 Å². The number of carbonyl (C=O) groups is 2. The van der Waals surface area contributed by atoms with Gasteiger partial charge in [-0.1, -0.05) is 4.89 Å². The highest BCUT2D eigenvalue weighted by Gasteiger charge is 2.32. The average Bonchev–Trinajstić information content (AvgIpc) is 2.28. The Morgan fingerprint density at radius 3 is 2.72 bits per heavy atom. The summed E-state index contributed by atoms with van der Waals surface area (Å²) in [6, 6.07) is 0. The molecule has 0 spiro atoms. The predicted octanol–water partition coefficient (Wildman–Crippen LogP) is -1.97. The molecule has 18 heavy (non-hydrogen) atoms. The highest BCUT2D eigenvalue weighted by atomic mass is 32.2. The quantitative estimate of drug-likeness (QED) is 0.483. The van der Waals surface area contributed by atoms with Crippen molar-refractivity contribution in [3.8, 4) is 0 Å². The van der Waals surface area contributed by atoms with Crippen LogP contribution < -0.4 is 10.6 Å². The Kier molecular flexibility index (Phi) is 5.02. The Balaban J connectivity index is 2.56. The molecule has 1 saturated heterocycles. The Hall–Kier alpha value is -1.23. The lowest BCUT2D eigenvalue weighted by Gasteiger charge is -2.29. The van der Waals surface area contributed by atoms with E-state index in [1.807, 2.05) is 0 Å². The minimum absolute atomic E-state index is 0.120. The maximum absolute atomic E-state index is 11.7. The number of carbonyl (C=O) groups excluding carboxylic acids is 1. The molecule has 1 amide bonds. The average molecular weight is 281 g/mol. The summed E-state index contributed by atoms with van der Waals surface area (Å²) in [5, 5.41) is 8.84. The van der Waals surface area contributed by atoms with Gasteiger partial charge in [-0.25, -0.2) is 0 Å². The minimum Gasteiger partial charge on any atom is -0.481 e. The van der Waals surface area contributed by atoms with Gasteiger partial charge in [-0.2, -0.15) is 12.7 Å². The smallest absolute Gasteiger partial charge is 0.307 e. The van der Waals surface area contributed by atoms with Gasteiger partial charge in [0.15, 0.2) is 0 Å². The molecular weight excluding hydrogens is 266 g/mol. The highest BCUT2D eigenvalue weighted by molar-refractivity contribution is 7.87. The zero-order valence-electron chi connectivity index (χ0n) is 9.53. The summed E-state index contributed by atoms with van der Waals surface area (Å²) >= 11 is 0. The first-order valence-corrected chi connectivity index (χ1v) is 6.66. The summed E-state index contributed by atoms with van der Waals surface area (Å²) in [6.07, 6.45) is 0.886. The molecule has 0 radical (unpaired) electrons. The molecule has 0 aromatic heterocycles. The molecule has 4 N–H and O–H groups in total. The molecule has 1 aliphatic rings. The van der Waals surface area contributed by atoms with Crippen molar-refractivity contribution in [2.24, 2.45) is 11.7 Å². The standard InChI is InChI=1S/C8H15N3O6S/c9-7(12)5-17-10-18(15,16)11-3-1-2-6(4-11)8(13)14/h6,10H,1-5H2,(H2,9,12)(H,13,14). The highest BCUT2D eigenvalue weighted by Crippen LogP contribution is 2.18. The zero-order valence-corrected chi connectivity index (χ0v) is 10.4. The number of primary amides is 1. The van der Waals surface area contributed by atoms with Crippen LogP contribution in [0.5, 0.6) is 0 Å². The van der Waals surface area contributed by atoms with Crippen molar-refractivity contribution in [1.29, 1.82) is 0 Å². The van der Waals surface area contributed by atoms with Crippen molar-refractivity contribution in [3.63, 3.8) is 0 Å². The fourth-order valence-corrected chi connectivity index (χ4v) is 2.65. The summed E-state index contributed by atoms with van der Waals surface area (Å²) in [5.74, 6) is -2.58. The van der Waals surface area contributed by atoms with E-state index in [0.29, 0.717) is 12.8 Å². The number of amides is 1. The Morgan fingerprint density at radius 2 is 2.17 bits per heavy atom. The van der Waals surface area contributed by atoms with Crippen LogP contribution in [0.3, 0.4) is 0 Å². The maximum atomic E-state index is 11.7. The lowest BCUT2D eigenvalue weighted by atomic mass is 10.0. The largest absolute Gasteiger partial charge is 0.481 e. The van der Waals surface area contributed by atoms with Gasteiger partial charge in [0.05, 0.1) is 5.92 Å². The fourth-order valence-electron chi connectivity index (χ4n) is 1.59. The van der Waals surface area contributed by atoms with E-state index in [2.05, 4.69) is 4.84 Å². The van der Waals surface area contributed by atoms with Crippen LogP contribution in [-0.2, 0) is 24.6 Å². The van der Waals surface area contributed by atoms with Gasteiger partial charge in [0.2, 0.25) is 5.91 Å². The summed E-state index contributed by atoms with van der Waals surface area (Å²) in [6.45, 7) is -0.501. The van der Waals surface area contributed by atoms with Crippen molar-refractivity contribution in [2.75, 3.05) is 19.7 Å². The van der Waals surface area contributed by atoms with E-state index in [1.54, 1.807) is 4.89 Å². The Bertz CT molecular complexity index is 423. The summed E-state index contributed by atoms with van der Waals surface area (Å²) in [5.41, 5.74) is 4.77. The Morgan fingerprint density at radius 1 is 1.50 bits per heavy atom. The van der Waals surface area contributed by atoms with Crippen LogP contribution in [0.4, 0.5) is 0 Å². The van der Waals surface area contributed by atoms with Crippen molar-refractivity contribution in [2.45, 2.75) is 12.8 Å². The number of nitrogens with one attached hydrogen (secondary N) is 1. The van der Waals surface area contributed by atoms with E-state index < -0.39 is 34.6 Å². The van der Waals surface area contributed by atoms with Gasteiger partial charge in [0, 0.05) is 13.1 Å². The van der Waals surface area contributed by atoms with E-state index >= 15 is 0 Å². The minimum atomic E-state index is -3.96. The third kappa shape index (κ3) is 4.22. The molecule has 1 aliphatic heterocycles. The predicted molar refractivity (Wildman–Crippen MR) is 59.1 cm³/mol. The summed E-state index contributed by atoms with van der Waals surface area (Å²) < 4.78 is 24.3. The summed E-state index contributed by atoms with van der Waals surface area (Å²) in [4.78, 5) is 27.3. The number of carboxylic acids is 1. The lowest BCUT2D eigenvalue weighted by Crippen LogP contribution is -2.47. The molecule has 9 nitrogen and oxygen atoms in total. The SMILES string of the molecule is NC(=O)CONS(=O)(=O)N1CCCC(C(=O)O)C1. The van der Waals surface area contributed by atoms with E-state index in [9.17, 15) is 18.0 Å². The molecule has 0 aliphatic carbocycles. The number of hydrogen-bond acceptors (Lipinski definition) is 5. The first-order valence-electron chi connectivity index (χ1n) is 5.22. The van der Waals surface area contributed by atoms with Gasteiger partial charge in [-0.05, 0) is 12.8 Å². The molecule has 0 aromatic carbocycles. The molecule has 0 saturated carbocycles. The number of nitrogens with zero attached hydrogens (tertiary/aromatic N) is 1. The van der Waals surface area contributed by atoms with Crippen molar-refractivity contribution in [3.05, 3.63) is 0 Å². The summed E-state index contributed by atoms with van der Waals surface area (Å²) in [7, 11) is -3.96. The maximum Gasteiger partial charge on any atom is 0.307 e. The number of nitrogens with two attached hydrogens (primary N) is 1. The molecule has 1 atom stereocenters. The van der Waals surface area contributed by atoms with Gasteiger partial charge in [-0.15, -0.1) is 0 Å². The van der Waals surface area contributed by atoms with Crippen LogP contribution in [-0.4, -0.2) is 49.4 Å². The molecule has 104 valence electrons. The monoisotopic (exact) mass is 281 g/mol. The van der Waals surface area contributed by atoms with E-state index in [4.69, 9.17) is 10.8 Å². The van der Waals surface area contributed by atoms with Gasteiger partial charge < -0.3 is 10.8 Å². The molecule has 0 aromatic rings. The number of hydrogen-bond donors (Lipinski definition) is 3. The van der Waals surface area contributed by atoms with Crippen molar-refractivity contribution >= 4 is 22.1 Å². The second-order valence-corrected chi connectivity index (χ2v) is 5.51. The van der Waals surface area contributed by atoms with Crippen LogP contribution in [0.2, 0.25) is 0 Å². The van der Waals surface area contributed by atoms with Gasteiger partial charge in [0.25, 0.3) is 0 Å². The first kappa shape index (κ1) is 14.8. The molecule has 1 fully saturated rings. The van der Waals surface area contributed by atoms with Gasteiger partial charge in [0.1, 0.15) is 6.61 Å². The van der Waals surface area contributed by atoms with Crippen LogP contribution >= 0.6 is 0 Å². The third-order valence-electron chi connectivity index (χ3n) is 2.45. The number of aliphatic carboxylic acids is 1. The van der Waals surface area contributed by atoms with E-state index in [0.717, 1.165) is 4.31 Å². The molecule has 1 heterocycles. The normalized spacial score (nSPS) is 21.7. The second kappa shape index (κ2) is 6.09. The first-order chi connectivity index (χ1) is 8.33. The van der Waals surface area contributed by atoms with Gasteiger partial charge >= 0.3 is 16.2 Å². The van der Waals surface area contributed by atoms with E-state index in [1.165, 1.54) is 0 Å². The van der Waals surface area contributed by atoms with Gasteiger partial charge in [-0.3, -0.25) is 14.4 Å². The molecule has 1 rings (SSSR count). The zero-order chi connectivity index (χ0) is 13.8. The lowest BCUT2D eigenvalue weighted by molar-refractivity contribution is -0.142. The fraction of sp³-hybridized carbons (Fsp3) is 0.750. The molecule has 1 unspecified atom stereocenters. The van der Waals surface area contributed by atoms with Crippen LogP contribution in [0.15, 0.2) is 0 Å². The van der Waals surface area contributed by atoms with Crippen molar-refractivity contribution in [1.82, 2.24) is 9.19 Å². The second-order valence-electron chi connectivity index (χ2n) is 3.88. The molecule has 0 bridgehead atoms. The topological polar surface area (TPSA) is 139 Å². The molecular formula is C8H15N3O6S. The molecule has 10 heteroatoms.